The van der Waals surface area contributed by atoms with Crippen LogP contribution in [0.2, 0.25) is 5.15 Å². The zero-order valence-corrected chi connectivity index (χ0v) is 13.8. The van der Waals surface area contributed by atoms with Gasteiger partial charge in [-0.2, -0.15) is 0 Å². The first-order valence-electron chi connectivity index (χ1n) is 7.22. The second kappa shape index (κ2) is 6.67. The van der Waals surface area contributed by atoms with Gasteiger partial charge in [0.1, 0.15) is 0 Å². The molecule has 0 radical (unpaired) electrons. The van der Waals surface area contributed by atoms with E-state index in [-0.39, 0.29) is 5.15 Å². The maximum Gasteiger partial charge on any atom is 0.351 e. The lowest BCUT2D eigenvalue weighted by molar-refractivity contribution is 0.0606. The molecule has 0 fully saturated rings. The second-order valence-corrected chi connectivity index (χ2v) is 6.75. The molecular weight excluding hydrogens is 320 g/mol. The van der Waals surface area contributed by atoms with E-state index >= 15 is 0 Å². The Bertz CT molecular complexity index is 662. The number of carbonyl (C=O) groups is 1. The number of anilines is 1. The molecule has 1 aliphatic rings. The van der Waals surface area contributed by atoms with Crippen LogP contribution < -0.4 is 5.32 Å². The Kier molecular flexibility index (Phi) is 4.64. The third-order valence-electron chi connectivity index (χ3n) is 3.92. The number of nitrogens with zero attached hydrogens (tertiary/aromatic N) is 1. The molecule has 1 aromatic heterocycles. The SMILES string of the molecule is COC(=O)c1sc(NCCC2Cc3ccccc3C2)nc1Cl. The van der Waals surface area contributed by atoms with Crippen molar-refractivity contribution in [2.45, 2.75) is 19.3 Å². The van der Waals surface area contributed by atoms with Crippen molar-refractivity contribution in [3.63, 3.8) is 0 Å². The van der Waals surface area contributed by atoms with E-state index in [1.54, 1.807) is 0 Å². The van der Waals surface area contributed by atoms with Gasteiger partial charge in [0.05, 0.1) is 7.11 Å². The van der Waals surface area contributed by atoms with Crippen molar-refractivity contribution in [2.75, 3.05) is 19.0 Å². The largest absolute Gasteiger partial charge is 0.465 e. The van der Waals surface area contributed by atoms with Crippen molar-refractivity contribution in [1.29, 1.82) is 0 Å². The van der Waals surface area contributed by atoms with Gasteiger partial charge in [-0.25, -0.2) is 9.78 Å². The number of hydrogen-bond acceptors (Lipinski definition) is 5. The summed E-state index contributed by atoms with van der Waals surface area (Å²) < 4.78 is 4.67. The summed E-state index contributed by atoms with van der Waals surface area (Å²) in [5.74, 6) is 0.224. The summed E-state index contributed by atoms with van der Waals surface area (Å²) in [5, 5.41) is 4.12. The van der Waals surface area contributed by atoms with Gasteiger partial charge < -0.3 is 10.1 Å². The van der Waals surface area contributed by atoms with Crippen LogP contribution in [0.5, 0.6) is 0 Å². The molecule has 6 heteroatoms. The predicted octanol–water partition coefficient (Wildman–Crippen LogP) is 3.80. The Morgan fingerprint density at radius 3 is 2.73 bits per heavy atom. The van der Waals surface area contributed by atoms with Crippen LogP contribution in [0.25, 0.3) is 0 Å². The Labute approximate surface area is 138 Å². The van der Waals surface area contributed by atoms with Gasteiger partial charge in [-0.1, -0.05) is 47.2 Å². The van der Waals surface area contributed by atoms with E-state index < -0.39 is 5.97 Å². The molecule has 1 heterocycles. The number of nitrogens with one attached hydrogen (secondary N) is 1. The summed E-state index contributed by atoms with van der Waals surface area (Å²) in [4.78, 5) is 16.0. The van der Waals surface area contributed by atoms with Gasteiger partial charge in [-0.15, -0.1) is 0 Å². The van der Waals surface area contributed by atoms with Crippen LogP contribution in [0.1, 0.15) is 27.2 Å². The molecule has 0 spiro atoms. The molecule has 0 bridgehead atoms. The number of methoxy groups -OCH3 is 1. The first-order chi connectivity index (χ1) is 10.7. The molecule has 4 nitrogen and oxygen atoms in total. The third kappa shape index (κ3) is 3.25. The van der Waals surface area contributed by atoms with E-state index in [1.165, 1.54) is 29.6 Å². The van der Waals surface area contributed by atoms with Gasteiger partial charge >= 0.3 is 5.97 Å². The maximum atomic E-state index is 11.5. The molecule has 0 saturated heterocycles. The van der Waals surface area contributed by atoms with Crippen LogP contribution in [0, 0.1) is 5.92 Å². The highest BCUT2D eigenvalue weighted by molar-refractivity contribution is 7.18. The summed E-state index contributed by atoms with van der Waals surface area (Å²) >= 11 is 7.18. The molecule has 0 aliphatic heterocycles. The van der Waals surface area contributed by atoms with Crippen molar-refractivity contribution in [3.05, 3.63) is 45.4 Å². The number of aromatic nitrogens is 1. The number of fused-ring (bicyclic) bond motifs is 1. The number of carbonyl (C=O) groups excluding carboxylic acids is 1. The lowest BCUT2D eigenvalue weighted by Crippen LogP contribution is -2.09. The summed E-state index contributed by atoms with van der Waals surface area (Å²) in [5.41, 5.74) is 2.94. The number of hydrogen-bond donors (Lipinski definition) is 1. The minimum absolute atomic E-state index is 0.202. The number of ether oxygens (including phenoxy) is 1. The zero-order valence-electron chi connectivity index (χ0n) is 12.3. The average Bonchev–Trinajstić information content (AvgIpc) is 3.09. The Hall–Kier alpha value is -1.59. The van der Waals surface area contributed by atoms with Gasteiger partial charge in [-0.05, 0) is 36.3 Å². The molecule has 116 valence electrons. The molecule has 0 amide bonds. The quantitative estimate of drug-likeness (QED) is 0.844. The number of halogens is 1. The predicted molar refractivity (Wildman–Crippen MR) is 88.9 cm³/mol. The zero-order chi connectivity index (χ0) is 15.5. The fourth-order valence-corrected chi connectivity index (χ4v) is 3.96. The molecule has 22 heavy (non-hydrogen) atoms. The van der Waals surface area contributed by atoms with Crippen molar-refractivity contribution >= 4 is 34.0 Å². The van der Waals surface area contributed by atoms with E-state index in [2.05, 4.69) is 39.3 Å². The number of esters is 1. The summed E-state index contributed by atoms with van der Waals surface area (Å²) in [6, 6.07) is 8.63. The second-order valence-electron chi connectivity index (χ2n) is 5.39. The molecule has 1 aliphatic carbocycles. The first kappa shape index (κ1) is 15.3. The van der Waals surface area contributed by atoms with Crippen LogP contribution in [0.4, 0.5) is 5.13 Å². The van der Waals surface area contributed by atoms with Crippen LogP contribution in [-0.4, -0.2) is 24.6 Å². The number of rotatable bonds is 5. The minimum Gasteiger partial charge on any atom is -0.465 e. The van der Waals surface area contributed by atoms with Gasteiger partial charge in [0.15, 0.2) is 15.2 Å². The van der Waals surface area contributed by atoms with E-state index in [0.29, 0.717) is 15.9 Å². The van der Waals surface area contributed by atoms with Crippen molar-refractivity contribution in [2.24, 2.45) is 5.92 Å². The molecule has 0 atom stereocenters. The fourth-order valence-electron chi connectivity index (χ4n) is 2.83. The van der Waals surface area contributed by atoms with E-state index in [0.717, 1.165) is 25.8 Å². The average molecular weight is 337 g/mol. The summed E-state index contributed by atoms with van der Waals surface area (Å²) in [6.07, 6.45) is 3.35. The topological polar surface area (TPSA) is 51.2 Å². The molecular formula is C16H17ClN2O2S. The van der Waals surface area contributed by atoms with Gasteiger partial charge in [0.25, 0.3) is 0 Å². The lowest BCUT2D eigenvalue weighted by Gasteiger charge is -2.08. The normalized spacial score (nSPS) is 13.9. The van der Waals surface area contributed by atoms with E-state index in [9.17, 15) is 4.79 Å². The highest BCUT2D eigenvalue weighted by atomic mass is 35.5. The molecule has 3 rings (SSSR count). The van der Waals surface area contributed by atoms with Crippen molar-refractivity contribution in [3.8, 4) is 0 Å². The molecule has 0 saturated carbocycles. The number of thiazole rings is 1. The van der Waals surface area contributed by atoms with Crippen LogP contribution in [-0.2, 0) is 17.6 Å². The number of benzene rings is 1. The molecule has 2 aromatic rings. The molecule has 1 N–H and O–H groups in total. The van der Waals surface area contributed by atoms with Crippen LogP contribution in [0.3, 0.4) is 0 Å². The van der Waals surface area contributed by atoms with Gasteiger partial charge in [0.2, 0.25) is 0 Å². The third-order valence-corrected chi connectivity index (χ3v) is 5.30. The highest BCUT2D eigenvalue weighted by Crippen LogP contribution is 2.30. The van der Waals surface area contributed by atoms with E-state index in [4.69, 9.17) is 11.6 Å². The first-order valence-corrected chi connectivity index (χ1v) is 8.42. The van der Waals surface area contributed by atoms with Crippen LogP contribution >= 0.6 is 22.9 Å². The Balaban J connectivity index is 1.51. The monoisotopic (exact) mass is 336 g/mol. The van der Waals surface area contributed by atoms with E-state index in [1.807, 2.05) is 0 Å². The molecule has 0 unspecified atom stereocenters. The van der Waals surface area contributed by atoms with Gasteiger partial charge in [0, 0.05) is 6.54 Å². The highest BCUT2D eigenvalue weighted by Gasteiger charge is 2.21. The van der Waals surface area contributed by atoms with Gasteiger partial charge in [-0.3, -0.25) is 0 Å². The molecule has 1 aromatic carbocycles. The maximum absolute atomic E-state index is 11.5. The smallest absolute Gasteiger partial charge is 0.351 e. The summed E-state index contributed by atoms with van der Waals surface area (Å²) in [6.45, 7) is 0.823. The summed E-state index contributed by atoms with van der Waals surface area (Å²) in [7, 11) is 1.34. The van der Waals surface area contributed by atoms with Crippen molar-refractivity contribution in [1.82, 2.24) is 4.98 Å². The van der Waals surface area contributed by atoms with Crippen LogP contribution in [0.15, 0.2) is 24.3 Å². The Morgan fingerprint density at radius 2 is 2.09 bits per heavy atom. The fraction of sp³-hybridized carbons (Fsp3) is 0.375. The standard InChI is InChI=1S/C16H17ClN2O2S/c1-21-15(20)13-14(17)19-16(22-13)18-7-6-10-8-11-4-2-3-5-12(11)9-10/h2-5,10H,6-9H2,1H3,(H,18,19). The van der Waals surface area contributed by atoms with Crippen molar-refractivity contribution < 1.29 is 9.53 Å². The Morgan fingerprint density at radius 1 is 1.41 bits per heavy atom. The minimum atomic E-state index is -0.443. The lowest BCUT2D eigenvalue weighted by atomic mass is 10.0.